The number of nitrogens with zero attached hydrogens (tertiary/aromatic N) is 2. The van der Waals surface area contributed by atoms with E-state index in [-0.39, 0.29) is 5.69 Å². The average molecular weight is 328 g/mol. The number of benzene rings is 1. The van der Waals surface area contributed by atoms with Gasteiger partial charge in [-0.1, -0.05) is 0 Å². The van der Waals surface area contributed by atoms with E-state index in [0.29, 0.717) is 16.9 Å². The Morgan fingerprint density at radius 1 is 1.12 bits per heavy atom. The summed E-state index contributed by atoms with van der Waals surface area (Å²) in [5.41, 5.74) is 6.59. The van der Waals surface area contributed by atoms with Crippen LogP contribution in [0.15, 0.2) is 36.7 Å². The fraction of sp³-hybridized carbons (Fsp3) is 0.188. The summed E-state index contributed by atoms with van der Waals surface area (Å²) >= 11 is 0. The summed E-state index contributed by atoms with van der Waals surface area (Å²) in [6.45, 7) is 3.17. The minimum absolute atomic E-state index is 0.0195. The highest BCUT2D eigenvalue weighted by molar-refractivity contribution is 5.97. The van der Waals surface area contributed by atoms with Crippen LogP contribution in [0.25, 0.3) is 0 Å². The summed E-state index contributed by atoms with van der Waals surface area (Å²) in [6, 6.07) is 6.02. The largest absolute Gasteiger partial charge is 0.448 e. The summed E-state index contributed by atoms with van der Waals surface area (Å²) in [4.78, 5) is 42.7. The Hall–Kier alpha value is -3.29. The fourth-order valence-corrected chi connectivity index (χ4v) is 1.73. The van der Waals surface area contributed by atoms with Crippen LogP contribution >= 0.6 is 0 Å². The third kappa shape index (κ3) is 4.35. The normalized spacial score (nSPS) is 11.4. The number of carbonyl (C=O) groups excluding carboxylic acids is 3. The van der Waals surface area contributed by atoms with Gasteiger partial charge in [0.1, 0.15) is 0 Å². The number of anilines is 1. The van der Waals surface area contributed by atoms with Gasteiger partial charge in [0.15, 0.2) is 11.8 Å². The number of hydrogen-bond acceptors (Lipinski definition) is 6. The van der Waals surface area contributed by atoms with Crippen molar-refractivity contribution in [2.24, 2.45) is 5.73 Å². The molecular formula is C16H16N4O4. The van der Waals surface area contributed by atoms with Gasteiger partial charge in [-0.2, -0.15) is 0 Å². The van der Waals surface area contributed by atoms with E-state index in [0.717, 1.165) is 0 Å². The summed E-state index contributed by atoms with van der Waals surface area (Å²) in [6.07, 6.45) is 1.68. The number of aromatic nitrogens is 2. The molecule has 3 N–H and O–H groups in total. The van der Waals surface area contributed by atoms with Crippen molar-refractivity contribution in [2.75, 3.05) is 5.32 Å². The maximum Gasteiger partial charge on any atom is 0.359 e. The molecule has 0 aliphatic heterocycles. The van der Waals surface area contributed by atoms with E-state index in [9.17, 15) is 14.4 Å². The van der Waals surface area contributed by atoms with Crippen molar-refractivity contribution in [1.82, 2.24) is 9.97 Å². The van der Waals surface area contributed by atoms with Crippen LogP contribution in [0.1, 0.15) is 33.5 Å². The van der Waals surface area contributed by atoms with Crippen LogP contribution in [0.4, 0.5) is 5.69 Å². The smallest absolute Gasteiger partial charge is 0.359 e. The lowest BCUT2D eigenvalue weighted by Gasteiger charge is -2.13. The SMILES string of the molecule is Cc1cnc(C(=O)O[C@H](C)C(=O)Nc2ccc(C(N)=O)cc2)cn1. The Morgan fingerprint density at radius 3 is 2.33 bits per heavy atom. The highest BCUT2D eigenvalue weighted by Gasteiger charge is 2.20. The molecule has 0 radical (unpaired) electrons. The molecule has 1 heterocycles. The molecule has 0 bridgehead atoms. The van der Waals surface area contributed by atoms with Crippen LogP contribution in [0.3, 0.4) is 0 Å². The number of amides is 2. The molecule has 0 unspecified atom stereocenters. The molecule has 124 valence electrons. The van der Waals surface area contributed by atoms with Crippen LogP contribution < -0.4 is 11.1 Å². The second kappa shape index (κ2) is 7.32. The van der Waals surface area contributed by atoms with Gasteiger partial charge in [-0.05, 0) is 38.1 Å². The van der Waals surface area contributed by atoms with E-state index in [1.165, 1.54) is 43.6 Å². The van der Waals surface area contributed by atoms with Crippen LogP contribution in [0.5, 0.6) is 0 Å². The number of ether oxygens (including phenoxy) is 1. The molecule has 0 fully saturated rings. The second-order valence-electron chi connectivity index (χ2n) is 5.02. The van der Waals surface area contributed by atoms with Gasteiger partial charge < -0.3 is 15.8 Å². The topological polar surface area (TPSA) is 124 Å². The number of carbonyl (C=O) groups is 3. The van der Waals surface area contributed by atoms with Gasteiger partial charge in [0.25, 0.3) is 5.91 Å². The monoisotopic (exact) mass is 328 g/mol. The molecule has 2 rings (SSSR count). The van der Waals surface area contributed by atoms with Crippen LogP contribution in [-0.4, -0.2) is 33.9 Å². The minimum atomic E-state index is -1.03. The van der Waals surface area contributed by atoms with Gasteiger partial charge in [-0.25, -0.2) is 9.78 Å². The first-order chi connectivity index (χ1) is 11.4. The average Bonchev–Trinajstić information content (AvgIpc) is 2.55. The maximum absolute atomic E-state index is 12.0. The standard InChI is InChI=1S/C16H16N4O4/c1-9-7-19-13(8-18-9)16(23)24-10(2)15(22)20-12-5-3-11(4-6-12)14(17)21/h3-8,10H,1-2H3,(H2,17,21)(H,20,22)/t10-/m1/s1. The van der Waals surface area contributed by atoms with Gasteiger partial charge in [0, 0.05) is 17.4 Å². The van der Waals surface area contributed by atoms with E-state index < -0.39 is 23.9 Å². The number of rotatable bonds is 5. The first-order valence-electron chi connectivity index (χ1n) is 7.07. The van der Waals surface area contributed by atoms with Crippen molar-refractivity contribution in [3.05, 3.63) is 53.6 Å². The number of esters is 1. The quantitative estimate of drug-likeness (QED) is 0.791. The van der Waals surface area contributed by atoms with E-state index in [1.807, 2.05) is 0 Å². The zero-order chi connectivity index (χ0) is 17.7. The number of nitrogens with one attached hydrogen (secondary N) is 1. The maximum atomic E-state index is 12.0. The number of hydrogen-bond donors (Lipinski definition) is 2. The van der Waals surface area contributed by atoms with E-state index in [1.54, 1.807) is 6.92 Å². The van der Waals surface area contributed by atoms with E-state index >= 15 is 0 Å². The Morgan fingerprint density at radius 2 is 1.79 bits per heavy atom. The molecule has 24 heavy (non-hydrogen) atoms. The van der Waals surface area contributed by atoms with Crippen molar-refractivity contribution < 1.29 is 19.1 Å². The molecule has 1 aromatic carbocycles. The van der Waals surface area contributed by atoms with Crippen LogP contribution in [-0.2, 0) is 9.53 Å². The molecular weight excluding hydrogens is 312 g/mol. The predicted octanol–water partition coefficient (Wildman–Crippen LogP) is 1.07. The molecule has 8 heteroatoms. The molecule has 2 aromatic rings. The van der Waals surface area contributed by atoms with Crippen molar-refractivity contribution in [3.8, 4) is 0 Å². The number of nitrogens with two attached hydrogens (primary N) is 1. The summed E-state index contributed by atoms with van der Waals surface area (Å²) in [7, 11) is 0. The highest BCUT2D eigenvalue weighted by atomic mass is 16.5. The van der Waals surface area contributed by atoms with E-state index in [4.69, 9.17) is 10.5 Å². The molecule has 0 aliphatic rings. The molecule has 1 aromatic heterocycles. The Labute approximate surface area is 138 Å². The summed E-state index contributed by atoms with van der Waals surface area (Å²) < 4.78 is 5.04. The van der Waals surface area contributed by atoms with Gasteiger partial charge in [0.2, 0.25) is 5.91 Å². The summed E-state index contributed by atoms with van der Waals surface area (Å²) in [5.74, 6) is -1.82. The molecule has 8 nitrogen and oxygen atoms in total. The third-order valence-corrected chi connectivity index (χ3v) is 3.08. The van der Waals surface area contributed by atoms with Gasteiger partial charge >= 0.3 is 5.97 Å². The molecule has 0 spiro atoms. The zero-order valence-corrected chi connectivity index (χ0v) is 13.1. The lowest BCUT2D eigenvalue weighted by atomic mass is 10.2. The third-order valence-electron chi connectivity index (χ3n) is 3.08. The predicted molar refractivity (Wildman–Crippen MR) is 85.2 cm³/mol. The van der Waals surface area contributed by atoms with Crippen molar-refractivity contribution in [2.45, 2.75) is 20.0 Å². The number of primary amides is 1. The molecule has 0 saturated heterocycles. The first kappa shape index (κ1) is 17.1. The lowest BCUT2D eigenvalue weighted by Crippen LogP contribution is -2.30. The molecule has 0 saturated carbocycles. The fourth-order valence-electron chi connectivity index (χ4n) is 1.73. The molecule has 0 aliphatic carbocycles. The minimum Gasteiger partial charge on any atom is -0.448 e. The number of aryl methyl sites for hydroxylation is 1. The van der Waals surface area contributed by atoms with Gasteiger partial charge in [-0.15, -0.1) is 0 Å². The van der Waals surface area contributed by atoms with Crippen LogP contribution in [0.2, 0.25) is 0 Å². The van der Waals surface area contributed by atoms with E-state index in [2.05, 4.69) is 15.3 Å². The lowest BCUT2D eigenvalue weighted by molar-refractivity contribution is -0.123. The molecule has 2 amide bonds. The Balaban J connectivity index is 1.95. The Bertz CT molecular complexity index is 757. The van der Waals surface area contributed by atoms with Crippen molar-refractivity contribution in [1.29, 1.82) is 0 Å². The highest BCUT2D eigenvalue weighted by Crippen LogP contribution is 2.10. The summed E-state index contributed by atoms with van der Waals surface area (Å²) in [5, 5.41) is 2.57. The van der Waals surface area contributed by atoms with Crippen LogP contribution in [0, 0.1) is 6.92 Å². The second-order valence-corrected chi connectivity index (χ2v) is 5.02. The first-order valence-corrected chi connectivity index (χ1v) is 7.07. The Kier molecular flexibility index (Phi) is 5.20. The molecule has 1 atom stereocenters. The van der Waals surface area contributed by atoms with Crippen molar-refractivity contribution >= 4 is 23.5 Å². The zero-order valence-electron chi connectivity index (χ0n) is 13.1. The van der Waals surface area contributed by atoms with Gasteiger partial charge in [0.05, 0.1) is 11.9 Å². The van der Waals surface area contributed by atoms with Crippen molar-refractivity contribution in [3.63, 3.8) is 0 Å². The van der Waals surface area contributed by atoms with Gasteiger partial charge in [-0.3, -0.25) is 14.6 Å².